The second kappa shape index (κ2) is 7.20. The van der Waals surface area contributed by atoms with Gasteiger partial charge in [0.05, 0.1) is 5.02 Å². The summed E-state index contributed by atoms with van der Waals surface area (Å²) >= 11 is 6.01. The first-order valence-corrected chi connectivity index (χ1v) is 9.58. The molecular formula is C16H23ClN2O3S. The molecule has 1 amide bonds. The Morgan fingerprint density at radius 3 is 2.52 bits per heavy atom. The van der Waals surface area contributed by atoms with Crippen LogP contribution in [-0.2, 0) is 10.0 Å². The number of hydrogen-bond donors (Lipinski definition) is 1. The van der Waals surface area contributed by atoms with Gasteiger partial charge in [0.2, 0.25) is 10.0 Å². The highest BCUT2D eigenvalue weighted by atomic mass is 35.5. The molecule has 0 heterocycles. The smallest absolute Gasteiger partial charge is 0.251 e. The van der Waals surface area contributed by atoms with Crippen molar-refractivity contribution in [2.24, 2.45) is 5.92 Å². The molecule has 23 heavy (non-hydrogen) atoms. The first kappa shape index (κ1) is 18.2. The van der Waals surface area contributed by atoms with Gasteiger partial charge in [-0.1, -0.05) is 31.4 Å². The molecule has 0 saturated heterocycles. The summed E-state index contributed by atoms with van der Waals surface area (Å²) in [6, 6.07) is 4.50. The van der Waals surface area contributed by atoms with Crippen molar-refractivity contribution in [3.05, 3.63) is 28.8 Å². The van der Waals surface area contributed by atoms with Crippen molar-refractivity contribution in [3.63, 3.8) is 0 Å². The topological polar surface area (TPSA) is 66.5 Å². The predicted octanol–water partition coefficient (Wildman–Crippen LogP) is 2.90. The number of rotatable bonds is 4. The molecule has 1 aliphatic rings. The molecule has 0 bridgehead atoms. The van der Waals surface area contributed by atoms with Crippen molar-refractivity contribution in [1.29, 1.82) is 0 Å². The van der Waals surface area contributed by atoms with E-state index in [2.05, 4.69) is 12.2 Å². The van der Waals surface area contributed by atoms with Gasteiger partial charge in [0.25, 0.3) is 5.91 Å². The van der Waals surface area contributed by atoms with Crippen LogP contribution in [0.5, 0.6) is 0 Å². The Morgan fingerprint density at radius 2 is 1.91 bits per heavy atom. The van der Waals surface area contributed by atoms with Crippen LogP contribution in [0.2, 0.25) is 5.02 Å². The van der Waals surface area contributed by atoms with Crippen molar-refractivity contribution in [3.8, 4) is 0 Å². The largest absolute Gasteiger partial charge is 0.349 e. The van der Waals surface area contributed by atoms with Gasteiger partial charge in [0, 0.05) is 25.7 Å². The molecule has 1 aromatic rings. The molecule has 0 spiro atoms. The van der Waals surface area contributed by atoms with Crippen molar-refractivity contribution < 1.29 is 13.2 Å². The van der Waals surface area contributed by atoms with Gasteiger partial charge in [-0.2, -0.15) is 0 Å². The maximum atomic E-state index is 12.5. The van der Waals surface area contributed by atoms with E-state index in [1.807, 2.05) is 0 Å². The second-order valence-corrected chi connectivity index (χ2v) is 8.80. The van der Waals surface area contributed by atoms with E-state index in [9.17, 15) is 13.2 Å². The Labute approximate surface area is 143 Å². The normalized spacial score (nSPS) is 22.1. The van der Waals surface area contributed by atoms with Gasteiger partial charge in [0.15, 0.2) is 0 Å². The molecule has 7 heteroatoms. The quantitative estimate of drug-likeness (QED) is 0.899. The summed E-state index contributed by atoms with van der Waals surface area (Å²) in [5.41, 5.74) is 0.313. The second-order valence-electron chi connectivity index (χ2n) is 6.27. The molecule has 1 aromatic carbocycles. The van der Waals surface area contributed by atoms with E-state index >= 15 is 0 Å². The average molecular weight is 359 g/mol. The summed E-state index contributed by atoms with van der Waals surface area (Å²) in [4.78, 5) is 12.4. The fourth-order valence-electron chi connectivity index (χ4n) is 2.82. The van der Waals surface area contributed by atoms with Gasteiger partial charge < -0.3 is 5.32 Å². The molecule has 128 valence electrons. The van der Waals surface area contributed by atoms with E-state index in [-0.39, 0.29) is 21.9 Å². The van der Waals surface area contributed by atoms with Gasteiger partial charge in [-0.15, -0.1) is 0 Å². The Kier molecular flexibility index (Phi) is 5.70. The Bertz CT molecular complexity index is 689. The third-order valence-corrected chi connectivity index (χ3v) is 6.68. The van der Waals surface area contributed by atoms with Crippen LogP contribution in [0.25, 0.3) is 0 Å². The molecule has 1 saturated carbocycles. The fourth-order valence-corrected chi connectivity index (χ4v) is 4.22. The van der Waals surface area contributed by atoms with E-state index in [0.717, 1.165) is 23.6 Å². The number of benzene rings is 1. The third-order valence-electron chi connectivity index (χ3n) is 4.38. The highest BCUT2D eigenvalue weighted by molar-refractivity contribution is 7.89. The van der Waals surface area contributed by atoms with Crippen LogP contribution in [0.1, 0.15) is 43.0 Å². The Hall–Kier alpha value is -1.11. The summed E-state index contributed by atoms with van der Waals surface area (Å²) in [7, 11) is -0.821. The molecule has 2 rings (SSSR count). The Balaban J connectivity index is 2.25. The molecule has 0 unspecified atom stereocenters. The van der Waals surface area contributed by atoms with E-state index in [1.54, 1.807) is 6.07 Å². The molecular weight excluding hydrogens is 336 g/mol. The highest BCUT2D eigenvalue weighted by Gasteiger charge is 2.25. The van der Waals surface area contributed by atoms with Crippen LogP contribution >= 0.6 is 11.6 Å². The SMILES string of the molecule is C[C@H]1CCCC[C@@H]1NC(=O)c1ccc(Cl)c(S(=O)(=O)N(C)C)c1. The molecule has 2 atom stereocenters. The van der Waals surface area contributed by atoms with Crippen LogP contribution in [0.4, 0.5) is 0 Å². The number of hydrogen-bond acceptors (Lipinski definition) is 3. The first-order chi connectivity index (χ1) is 10.7. The molecule has 0 aliphatic heterocycles. The van der Waals surface area contributed by atoms with Crippen LogP contribution in [0.3, 0.4) is 0 Å². The monoisotopic (exact) mass is 358 g/mol. The number of carbonyl (C=O) groups excluding carboxylic acids is 1. The average Bonchev–Trinajstić information content (AvgIpc) is 2.49. The van der Waals surface area contributed by atoms with Crippen molar-refractivity contribution in [1.82, 2.24) is 9.62 Å². The summed E-state index contributed by atoms with van der Waals surface area (Å²) in [6.07, 6.45) is 4.37. The molecule has 1 fully saturated rings. The summed E-state index contributed by atoms with van der Waals surface area (Å²) in [5.74, 6) is 0.181. The molecule has 0 radical (unpaired) electrons. The van der Waals surface area contributed by atoms with Crippen LogP contribution < -0.4 is 5.32 Å². The number of sulfonamides is 1. The molecule has 0 aromatic heterocycles. The van der Waals surface area contributed by atoms with E-state index in [4.69, 9.17) is 11.6 Å². The number of carbonyl (C=O) groups is 1. The van der Waals surface area contributed by atoms with Gasteiger partial charge >= 0.3 is 0 Å². The van der Waals surface area contributed by atoms with Crippen molar-refractivity contribution in [2.45, 2.75) is 43.5 Å². The summed E-state index contributed by atoms with van der Waals surface area (Å²) in [5, 5.41) is 3.13. The Morgan fingerprint density at radius 1 is 1.26 bits per heavy atom. The van der Waals surface area contributed by atoms with E-state index < -0.39 is 10.0 Å². The number of nitrogens with one attached hydrogen (secondary N) is 1. The minimum absolute atomic E-state index is 0.0477. The highest BCUT2D eigenvalue weighted by Crippen LogP contribution is 2.26. The lowest BCUT2D eigenvalue weighted by molar-refractivity contribution is 0.0910. The molecule has 1 N–H and O–H groups in total. The standard InChI is InChI=1S/C16H23ClN2O3S/c1-11-6-4-5-7-14(11)18-16(20)12-8-9-13(17)15(10-12)23(21,22)19(2)3/h8-11,14H,4-7H2,1-3H3,(H,18,20)/t11-,14-/m0/s1. The van der Waals surface area contributed by atoms with Gasteiger partial charge in [-0.3, -0.25) is 4.79 Å². The summed E-state index contributed by atoms with van der Waals surface area (Å²) < 4.78 is 25.6. The predicted molar refractivity (Wildman–Crippen MR) is 91.2 cm³/mol. The number of amides is 1. The van der Waals surface area contributed by atoms with Crippen molar-refractivity contribution in [2.75, 3.05) is 14.1 Å². The van der Waals surface area contributed by atoms with Crippen molar-refractivity contribution >= 4 is 27.5 Å². The van der Waals surface area contributed by atoms with Crippen LogP contribution in [-0.4, -0.2) is 38.8 Å². The number of halogens is 1. The van der Waals surface area contributed by atoms with Gasteiger partial charge in [-0.05, 0) is 37.0 Å². The summed E-state index contributed by atoms with van der Waals surface area (Å²) in [6.45, 7) is 2.13. The van der Waals surface area contributed by atoms with Gasteiger partial charge in [-0.25, -0.2) is 12.7 Å². The molecule has 5 nitrogen and oxygen atoms in total. The zero-order valence-corrected chi connectivity index (χ0v) is 15.2. The minimum atomic E-state index is -3.69. The van der Waals surface area contributed by atoms with E-state index in [0.29, 0.717) is 11.5 Å². The maximum absolute atomic E-state index is 12.5. The number of nitrogens with zero attached hydrogens (tertiary/aromatic N) is 1. The van der Waals surface area contributed by atoms with E-state index in [1.165, 1.54) is 32.6 Å². The molecule has 1 aliphatic carbocycles. The first-order valence-electron chi connectivity index (χ1n) is 7.76. The lowest BCUT2D eigenvalue weighted by Crippen LogP contribution is -2.41. The fraction of sp³-hybridized carbons (Fsp3) is 0.562. The van der Waals surface area contributed by atoms with Gasteiger partial charge in [0.1, 0.15) is 4.90 Å². The van der Waals surface area contributed by atoms with Crippen LogP contribution in [0.15, 0.2) is 23.1 Å². The maximum Gasteiger partial charge on any atom is 0.251 e. The lowest BCUT2D eigenvalue weighted by atomic mass is 9.86. The minimum Gasteiger partial charge on any atom is -0.349 e. The zero-order valence-electron chi connectivity index (χ0n) is 13.7. The lowest BCUT2D eigenvalue weighted by Gasteiger charge is -2.29. The zero-order chi connectivity index (χ0) is 17.2. The van der Waals surface area contributed by atoms with Crippen LogP contribution in [0, 0.1) is 5.92 Å². The third kappa shape index (κ3) is 4.05.